The van der Waals surface area contributed by atoms with Crippen LogP contribution in [0.4, 0.5) is 5.82 Å². The highest BCUT2D eigenvalue weighted by molar-refractivity contribution is 7.92. The van der Waals surface area contributed by atoms with Crippen LogP contribution in [-0.2, 0) is 19.3 Å². The molecule has 5 rings (SSSR count). The van der Waals surface area contributed by atoms with Crippen LogP contribution in [-0.4, -0.2) is 60.8 Å². The first-order valence-electron chi connectivity index (χ1n) is 9.67. The third-order valence-corrected chi connectivity index (χ3v) is 7.99. The van der Waals surface area contributed by atoms with Crippen molar-refractivity contribution < 1.29 is 17.7 Å². The molecule has 0 bridgehead atoms. The first kappa shape index (κ1) is 18.6. The predicted molar refractivity (Wildman–Crippen MR) is 108 cm³/mol. The van der Waals surface area contributed by atoms with Crippen LogP contribution in [0.3, 0.4) is 0 Å². The molecular formula is C19H23N5O4S. The zero-order valence-electron chi connectivity index (χ0n) is 16.6. The number of aromatic nitrogens is 4. The van der Waals surface area contributed by atoms with E-state index < -0.39 is 14.6 Å². The Morgan fingerprint density at radius 3 is 2.72 bits per heavy atom. The highest BCUT2D eigenvalue weighted by Crippen LogP contribution is 2.55. The Hall–Kier alpha value is -2.46. The minimum atomic E-state index is -3.33. The molecule has 9 nitrogen and oxygen atoms in total. The van der Waals surface area contributed by atoms with Gasteiger partial charge >= 0.3 is 0 Å². The molecule has 1 saturated heterocycles. The summed E-state index contributed by atoms with van der Waals surface area (Å²) in [6.45, 7) is 5.84. The molecule has 4 heterocycles. The first-order valence-corrected chi connectivity index (χ1v) is 11.6. The molecule has 0 amide bonds. The lowest BCUT2D eigenvalue weighted by Gasteiger charge is -2.34. The van der Waals surface area contributed by atoms with Gasteiger partial charge in [0.25, 0.3) is 0 Å². The molecule has 1 aliphatic heterocycles. The van der Waals surface area contributed by atoms with Gasteiger partial charge in [-0.05, 0) is 38.8 Å². The number of nitrogens with one attached hydrogen (secondary N) is 1. The lowest BCUT2D eigenvalue weighted by molar-refractivity contribution is 0.0985. The maximum atomic E-state index is 12.7. The fraction of sp³-hybridized carbons (Fsp3) is 0.526. The highest BCUT2D eigenvalue weighted by Gasteiger charge is 2.55. The Balaban J connectivity index is 1.76. The van der Waals surface area contributed by atoms with Gasteiger partial charge in [0.2, 0.25) is 0 Å². The summed E-state index contributed by atoms with van der Waals surface area (Å²) >= 11 is 0. The van der Waals surface area contributed by atoms with E-state index >= 15 is 0 Å². The number of hydrogen-bond donors (Lipinski definition) is 1. The number of sulfone groups is 1. The minimum absolute atomic E-state index is 0.132. The molecule has 1 N–H and O–H groups in total. The van der Waals surface area contributed by atoms with Crippen LogP contribution < -0.4 is 4.90 Å². The number of aryl methyl sites for hydroxylation is 1. The Morgan fingerprint density at radius 2 is 2.10 bits per heavy atom. The summed E-state index contributed by atoms with van der Waals surface area (Å²) in [7, 11) is -3.33. The largest absolute Gasteiger partial charge is 0.377 e. The summed E-state index contributed by atoms with van der Waals surface area (Å²) in [5, 5.41) is 11.3. The smallest absolute Gasteiger partial charge is 0.190 e. The number of ether oxygens (including phenoxy) is 1. The molecule has 0 spiro atoms. The zero-order chi connectivity index (χ0) is 20.4. The van der Waals surface area contributed by atoms with Crippen LogP contribution in [0.5, 0.6) is 0 Å². The van der Waals surface area contributed by atoms with Gasteiger partial charge in [-0.3, -0.25) is 5.10 Å². The van der Waals surface area contributed by atoms with Crippen LogP contribution in [0.2, 0.25) is 0 Å². The number of nitrogens with zero attached hydrogens (tertiary/aromatic N) is 4. The fourth-order valence-corrected chi connectivity index (χ4v) is 5.53. The van der Waals surface area contributed by atoms with Crippen LogP contribution in [0.25, 0.3) is 22.5 Å². The van der Waals surface area contributed by atoms with Crippen molar-refractivity contribution >= 4 is 26.8 Å². The quantitative estimate of drug-likeness (QED) is 0.687. The van der Waals surface area contributed by atoms with E-state index in [1.165, 1.54) is 6.26 Å². The van der Waals surface area contributed by atoms with E-state index in [0.717, 1.165) is 11.5 Å². The van der Waals surface area contributed by atoms with Crippen molar-refractivity contribution in [2.45, 2.75) is 37.5 Å². The number of aromatic amines is 1. The average Bonchev–Trinajstić information content (AvgIpc) is 3.23. The second-order valence-corrected chi connectivity index (χ2v) is 10.4. The van der Waals surface area contributed by atoms with Gasteiger partial charge in [0.1, 0.15) is 16.1 Å². The summed E-state index contributed by atoms with van der Waals surface area (Å²) in [6, 6.07) is 3.87. The fourth-order valence-electron chi connectivity index (χ4n) is 4.13. The van der Waals surface area contributed by atoms with Crippen LogP contribution in [0.1, 0.15) is 31.0 Å². The van der Waals surface area contributed by atoms with E-state index in [1.807, 2.05) is 19.1 Å². The highest BCUT2D eigenvalue weighted by atomic mass is 32.2. The monoisotopic (exact) mass is 417 g/mol. The van der Waals surface area contributed by atoms with E-state index in [4.69, 9.17) is 14.2 Å². The molecule has 10 heteroatoms. The molecule has 154 valence electrons. The molecule has 1 saturated carbocycles. The molecule has 2 aliphatic rings. The Labute approximate surface area is 168 Å². The standard InChI is InChI=1S/C19H23N5O4S/c1-11-8-14(22-21-11)16-17-18(28-23-16)13(19(4-5-19)29(3,25)26)9-15(20-17)24-6-7-27-10-12(24)2/h8-9,12H,4-7,10H2,1-3H3,(H,21,22)/t12-/m1/s1. The van der Waals surface area contributed by atoms with E-state index in [-0.39, 0.29) is 6.04 Å². The molecule has 1 aliphatic carbocycles. The van der Waals surface area contributed by atoms with Crippen LogP contribution >= 0.6 is 0 Å². The SMILES string of the molecule is Cc1cc(-c2noc3c(C4(S(C)(=O)=O)CC4)cc(N4CCOC[C@H]4C)nc23)[nH]n1. The van der Waals surface area contributed by atoms with Crippen molar-refractivity contribution in [3.8, 4) is 11.4 Å². The van der Waals surface area contributed by atoms with E-state index in [2.05, 4.69) is 27.2 Å². The molecule has 0 radical (unpaired) electrons. The van der Waals surface area contributed by atoms with Crippen molar-refractivity contribution in [3.05, 3.63) is 23.4 Å². The summed E-state index contributed by atoms with van der Waals surface area (Å²) in [5.74, 6) is 0.721. The van der Waals surface area contributed by atoms with Gasteiger partial charge in [-0.2, -0.15) is 5.10 Å². The minimum Gasteiger partial charge on any atom is -0.377 e. The first-order chi connectivity index (χ1) is 13.8. The van der Waals surface area contributed by atoms with Crippen molar-refractivity contribution in [1.29, 1.82) is 0 Å². The van der Waals surface area contributed by atoms with Crippen molar-refractivity contribution in [2.24, 2.45) is 0 Å². The van der Waals surface area contributed by atoms with E-state index in [9.17, 15) is 8.42 Å². The van der Waals surface area contributed by atoms with Gasteiger partial charge in [-0.1, -0.05) is 5.16 Å². The van der Waals surface area contributed by atoms with E-state index in [1.54, 1.807) is 0 Å². The van der Waals surface area contributed by atoms with Crippen LogP contribution in [0.15, 0.2) is 16.7 Å². The molecule has 1 atom stereocenters. The predicted octanol–water partition coefficient (Wildman–Crippen LogP) is 2.18. The van der Waals surface area contributed by atoms with Gasteiger partial charge in [-0.15, -0.1) is 0 Å². The summed E-state index contributed by atoms with van der Waals surface area (Å²) in [4.78, 5) is 7.00. The second kappa shape index (κ2) is 6.27. The third-order valence-electron chi connectivity index (χ3n) is 5.94. The molecule has 0 unspecified atom stereocenters. The van der Waals surface area contributed by atoms with Crippen molar-refractivity contribution in [3.63, 3.8) is 0 Å². The summed E-state index contributed by atoms with van der Waals surface area (Å²) < 4.78 is 35.6. The second-order valence-electron chi connectivity index (χ2n) is 8.04. The molecular weight excluding hydrogens is 394 g/mol. The number of rotatable bonds is 4. The molecule has 29 heavy (non-hydrogen) atoms. The van der Waals surface area contributed by atoms with E-state index in [0.29, 0.717) is 60.7 Å². The Kier molecular flexibility index (Phi) is 4.01. The van der Waals surface area contributed by atoms with Gasteiger partial charge in [0.05, 0.1) is 30.6 Å². The maximum absolute atomic E-state index is 12.7. The number of fused-ring (bicyclic) bond motifs is 1. The molecule has 0 aromatic carbocycles. The third kappa shape index (κ3) is 2.84. The van der Waals surface area contributed by atoms with Gasteiger partial charge < -0.3 is 14.2 Å². The summed E-state index contributed by atoms with van der Waals surface area (Å²) in [6.07, 6.45) is 2.43. The van der Waals surface area contributed by atoms with Crippen molar-refractivity contribution in [2.75, 3.05) is 30.9 Å². The van der Waals surface area contributed by atoms with Gasteiger partial charge in [0.15, 0.2) is 21.1 Å². The number of H-pyrrole nitrogens is 1. The number of morpholine rings is 1. The van der Waals surface area contributed by atoms with Gasteiger partial charge in [0, 0.05) is 18.4 Å². The number of hydrogen-bond acceptors (Lipinski definition) is 8. The average molecular weight is 417 g/mol. The van der Waals surface area contributed by atoms with Crippen LogP contribution in [0, 0.1) is 6.92 Å². The number of anilines is 1. The Bertz CT molecular complexity index is 1190. The number of pyridine rings is 1. The molecule has 3 aromatic heterocycles. The summed E-state index contributed by atoms with van der Waals surface area (Å²) in [5.41, 5.74) is 3.68. The topological polar surface area (TPSA) is 114 Å². The van der Waals surface area contributed by atoms with Gasteiger partial charge in [-0.25, -0.2) is 13.4 Å². The molecule has 3 aromatic rings. The maximum Gasteiger partial charge on any atom is 0.190 e. The molecule has 2 fully saturated rings. The lowest BCUT2D eigenvalue weighted by atomic mass is 10.1. The Morgan fingerprint density at radius 1 is 1.31 bits per heavy atom. The zero-order valence-corrected chi connectivity index (χ0v) is 17.4. The van der Waals surface area contributed by atoms with Crippen molar-refractivity contribution in [1.82, 2.24) is 20.3 Å². The lowest BCUT2D eigenvalue weighted by Crippen LogP contribution is -2.44. The normalized spacial score (nSPS) is 21.6.